The Labute approximate surface area is 109 Å². The summed E-state index contributed by atoms with van der Waals surface area (Å²) in [7, 11) is 2.04. The number of carbonyl (C=O) groups excluding carboxylic acids is 1. The van der Waals surface area contributed by atoms with Gasteiger partial charge in [0.1, 0.15) is 0 Å². The van der Waals surface area contributed by atoms with Crippen molar-refractivity contribution < 1.29 is 4.79 Å². The molecule has 0 radical (unpaired) electrons. The number of carbonyl (C=O) groups is 1. The van der Waals surface area contributed by atoms with Gasteiger partial charge in [0.2, 0.25) is 5.91 Å². The predicted molar refractivity (Wildman–Crippen MR) is 76.9 cm³/mol. The van der Waals surface area contributed by atoms with Crippen LogP contribution in [-0.2, 0) is 4.79 Å². The number of hydrogen-bond acceptors (Lipinski definition) is 3. The fourth-order valence-electron chi connectivity index (χ4n) is 1.54. The molecular weight excluding hydrogens is 226 g/mol. The second-order valence-corrected chi connectivity index (χ2v) is 4.75. The van der Waals surface area contributed by atoms with Crippen LogP contribution >= 0.6 is 0 Å². The van der Waals surface area contributed by atoms with Crippen LogP contribution in [0.25, 0.3) is 0 Å². The van der Waals surface area contributed by atoms with Crippen LogP contribution in [0.5, 0.6) is 0 Å². The van der Waals surface area contributed by atoms with E-state index >= 15 is 0 Å². The first kappa shape index (κ1) is 14.5. The van der Waals surface area contributed by atoms with E-state index in [9.17, 15) is 4.79 Å². The summed E-state index contributed by atoms with van der Waals surface area (Å²) in [6.45, 7) is 5.40. The standard InChI is InChI=1S/C14H23N3O/c1-11(2)14(18)16-12-5-7-13(8-6-12)17(3)10-4-9-15/h5-8,11H,4,9-10,15H2,1-3H3,(H,16,18). The molecule has 1 amide bonds. The van der Waals surface area contributed by atoms with Gasteiger partial charge in [-0.15, -0.1) is 0 Å². The zero-order valence-electron chi connectivity index (χ0n) is 11.4. The van der Waals surface area contributed by atoms with E-state index < -0.39 is 0 Å². The average molecular weight is 249 g/mol. The molecule has 4 heteroatoms. The second-order valence-electron chi connectivity index (χ2n) is 4.75. The van der Waals surface area contributed by atoms with Crippen molar-refractivity contribution >= 4 is 17.3 Å². The van der Waals surface area contributed by atoms with Gasteiger partial charge in [0.25, 0.3) is 0 Å². The third kappa shape index (κ3) is 4.37. The molecule has 1 rings (SSSR count). The van der Waals surface area contributed by atoms with Gasteiger partial charge in [-0.2, -0.15) is 0 Å². The van der Waals surface area contributed by atoms with Crippen LogP contribution in [0.15, 0.2) is 24.3 Å². The SMILES string of the molecule is CC(C)C(=O)Nc1ccc(N(C)CCCN)cc1. The van der Waals surface area contributed by atoms with Gasteiger partial charge in [-0.3, -0.25) is 4.79 Å². The van der Waals surface area contributed by atoms with Crippen molar-refractivity contribution in [2.75, 3.05) is 30.4 Å². The quantitative estimate of drug-likeness (QED) is 0.811. The van der Waals surface area contributed by atoms with Crippen LogP contribution in [0.2, 0.25) is 0 Å². The number of nitrogens with zero attached hydrogens (tertiary/aromatic N) is 1. The molecule has 0 aliphatic heterocycles. The summed E-state index contributed by atoms with van der Waals surface area (Å²) < 4.78 is 0. The highest BCUT2D eigenvalue weighted by Crippen LogP contribution is 2.17. The molecule has 0 aromatic heterocycles. The number of anilines is 2. The molecule has 0 fully saturated rings. The molecule has 3 N–H and O–H groups in total. The largest absolute Gasteiger partial charge is 0.375 e. The lowest BCUT2D eigenvalue weighted by molar-refractivity contribution is -0.118. The van der Waals surface area contributed by atoms with Gasteiger partial charge in [0.15, 0.2) is 0 Å². The maximum Gasteiger partial charge on any atom is 0.226 e. The number of nitrogens with two attached hydrogens (primary N) is 1. The van der Waals surface area contributed by atoms with Crippen molar-refractivity contribution in [3.63, 3.8) is 0 Å². The molecule has 1 aromatic carbocycles. The van der Waals surface area contributed by atoms with Crippen LogP contribution in [0, 0.1) is 5.92 Å². The predicted octanol–water partition coefficient (Wildman–Crippen LogP) is 2.07. The van der Waals surface area contributed by atoms with Crippen molar-refractivity contribution in [3.05, 3.63) is 24.3 Å². The Morgan fingerprint density at radius 3 is 2.44 bits per heavy atom. The van der Waals surface area contributed by atoms with E-state index in [-0.39, 0.29) is 11.8 Å². The third-order valence-corrected chi connectivity index (χ3v) is 2.80. The van der Waals surface area contributed by atoms with Gasteiger partial charge in [0, 0.05) is 30.9 Å². The van der Waals surface area contributed by atoms with Crippen molar-refractivity contribution in [2.24, 2.45) is 11.7 Å². The molecule has 0 aliphatic carbocycles. The molecule has 1 aromatic rings. The van der Waals surface area contributed by atoms with Crippen molar-refractivity contribution in [1.82, 2.24) is 0 Å². The number of amides is 1. The van der Waals surface area contributed by atoms with Crippen molar-refractivity contribution in [1.29, 1.82) is 0 Å². The fraction of sp³-hybridized carbons (Fsp3) is 0.500. The lowest BCUT2D eigenvalue weighted by Gasteiger charge is -2.19. The Balaban J connectivity index is 2.59. The van der Waals surface area contributed by atoms with Crippen LogP contribution in [0.1, 0.15) is 20.3 Å². The Morgan fingerprint density at radius 1 is 1.33 bits per heavy atom. The zero-order valence-corrected chi connectivity index (χ0v) is 11.4. The Bertz CT molecular complexity index is 373. The van der Waals surface area contributed by atoms with Crippen LogP contribution in [0.4, 0.5) is 11.4 Å². The first-order valence-electron chi connectivity index (χ1n) is 6.36. The zero-order chi connectivity index (χ0) is 13.5. The summed E-state index contributed by atoms with van der Waals surface area (Å²) in [5.41, 5.74) is 7.46. The maximum absolute atomic E-state index is 11.5. The lowest BCUT2D eigenvalue weighted by atomic mass is 10.2. The summed E-state index contributed by atoms with van der Waals surface area (Å²) in [5.74, 6) is 0.0381. The van der Waals surface area contributed by atoms with E-state index in [2.05, 4.69) is 10.2 Å². The van der Waals surface area contributed by atoms with Gasteiger partial charge >= 0.3 is 0 Å². The molecule has 18 heavy (non-hydrogen) atoms. The Morgan fingerprint density at radius 2 is 1.94 bits per heavy atom. The Hall–Kier alpha value is -1.55. The van der Waals surface area contributed by atoms with Crippen LogP contribution in [0.3, 0.4) is 0 Å². The minimum absolute atomic E-state index is 0.00287. The fourth-order valence-corrected chi connectivity index (χ4v) is 1.54. The first-order valence-corrected chi connectivity index (χ1v) is 6.36. The average Bonchev–Trinajstić information content (AvgIpc) is 2.36. The molecule has 100 valence electrons. The van der Waals surface area contributed by atoms with Gasteiger partial charge < -0.3 is 16.0 Å². The monoisotopic (exact) mass is 249 g/mol. The summed E-state index contributed by atoms with van der Waals surface area (Å²) in [6, 6.07) is 7.86. The topological polar surface area (TPSA) is 58.4 Å². The van der Waals surface area contributed by atoms with Crippen LogP contribution in [-0.4, -0.2) is 26.0 Å². The third-order valence-electron chi connectivity index (χ3n) is 2.80. The molecule has 0 heterocycles. The molecule has 0 unspecified atom stereocenters. The summed E-state index contributed by atoms with van der Waals surface area (Å²) in [6.07, 6.45) is 0.975. The van der Waals surface area contributed by atoms with Gasteiger partial charge in [0.05, 0.1) is 0 Å². The van der Waals surface area contributed by atoms with Gasteiger partial charge in [-0.25, -0.2) is 0 Å². The smallest absolute Gasteiger partial charge is 0.226 e. The molecule has 0 saturated carbocycles. The number of hydrogen-bond donors (Lipinski definition) is 2. The molecule has 0 aliphatic rings. The number of nitrogens with one attached hydrogen (secondary N) is 1. The van der Waals surface area contributed by atoms with E-state index in [1.807, 2.05) is 45.2 Å². The van der Waals surface area contributed by atoms with Crippen LogP contribution < -0.4 is 16.0 Å². The number of rotatable bonds is 6. The first-order chi connectivity index (χ1) is 8.54. The molecule has 0 saturated heterocycles. The normalized spacial score (nSPS) is 10.5. The maximum atomic E-state index is 11.5. The van der Waals surface area contributed by atoms with E-state index in [1.165, 1.54) is 0 Å². The van der Waals surface area contributed by atoms with E-state index in [0.717, 1.165) is 24.3 Å². The Kier molecular flexibility index (Phi) is 5.65. The minimum Gasteiger partial charge on any atom is -0.375 e. The highest BCUT2D eigenvalue weighted by atomic mass is 16.1. The van der Waals surface area contributed by atoms with Crippen molar-refractivity contribution in [2.45, 2.75) is 20.3 Å². The van der Waals surface area contributed by atoms with Gasteiger partial charge in [-0.05, 0) is 37.2 Å². The molecule has 0 bridgehead atoms. The molecule has 0 spiro atoms. The lowest BCUT2D eigenvalue weighted by Crippen LogP contribution is -2.21. The molecular formula is C14H23N3O. The summed E-state index contributed by atoms with van der Waals surface area (Å²) in [4.78, 5) is 13.7. The van der Waals surface area contributed by atoms with Crippen molar-refractivity contribution in [3.8, 4) is 0 Å². The molecule has 4 nitrogen and oxygen atoms in total. The minimum atomic E-state index is -0.00287. The van der Waals surface area contributed by atoms with E-state index in [4.69, 9.17) is 5.73 Å². The van der Waals surface area contributed by atoms with Gasteiger partial charge in [-0.1, -0.05) is 13.8 Å². The second kappa shape index (κ2) is 7.01. The highest BCUT2D eigenvalue weighted by Gasteiger charge is 2.07. The highest BCUT2D eigenvalue weighted by molar-refractivity contribution is 5.92. The number of benzene rings is 1. The van der Waals surface area contributed by atoms with E-state index in [1.54, 1.807) is 0 Å². The summed E-state index contributed by atoms with van der Waals surface area (Å²) in [5, 5.41) is 2.87. The molecule has 0 atom stereocenters. The van der Waals surface area contributed by atoms with E-state index in [0.29, 0.717) is 6.54 Å². The summed E-state index contributed by atoms with van der Waals surface area (Å²) >= 11 is 0.